The Hall–Kier alpha value is -2.23. The van der Waals surface area contributed by atoms with Crippen LogP contribution in [0.15, 0.2) is 46.2 Å². The normalized spacial score (nSPS) is 14.7. The average molecular weight is 479 g/mol. The highest BCUT2D eigenvalue weighted by Gasteiger charge is 2.23. The zero-order valence-corrected chi connectivity index (χ0v) is 20.4. The molecule has 174 valence electrons. The first-order valence-corrected chi connectivity index (χ1v) is 13.3. The summed E-state index contributed by atoms with van der Waals surface area (Å²) in [6.45, 7) is 1.50. The number of nitrogens with one attached hydrogen (secondary N) is 1. The van der Waals surface area contributed by atoms with Gasteiger partial charge in [0.05, 0.1) is 24.7 Å². The molecule has 0 aromatic heterocycles. The van der Waals surface area contributed by atoms with Crippen LogP contribution >= 0.6 is 11.8 Å². The van der Waals surface area contributed by atoms with Crippen LogP contribution in [-0.2, 0) is 16.6 Å². The van der Waals surface area contributed by atoms with E-state index in [9.17, 15) is 13.2 Å². The summed E-state index contributed by atoms with van der Waals surface area (Å²) < 4.78 is 39.1. The van der Waals surface area contributed by atoms with Gasteiger partial charge in [-0.15, -0.1) is 11.8 Å². The Morgan fingerprint density at radius 3 is 2.31 bits per heavy atom. The number of hydrogen-bond acceptors (Lipinski definition) is 6. The molecule has 1 aliphatic rings. The molecule has 1 heterocycles. The van der Waals surface area contributed by atoms with Crippen LogP contribution in [0.5, 0.6) is 11.5 Å². The Morgan fingerprint density at radius 1 is 1.00 bits per heavy atom. The second-order valence-corrected chi connectivity index (χ2v) is 10.2. The van der Waals surface area contributed by atoms with E-state index in [0.717, 1.165) is 36.1 Å². The fraction of sp³-hybridized carbons (Fsp3) is 0.435. The number of carbonyl (C=O) groups excluding carboxylic acids is 1. The van der Waals surface area contributed by atoms with Crippen LogP contribution in [-0.4, -0.2) is 52.8 Å². The molecule has 3 rings (SSSR count). The van der Waals surface area contributed by atoms with Gasteiger partial charge >= 0.3 is 0 Å². The first kappa shape index (κ1) is 24.4. The number of ether oxygens (including phenoxy) is 2. The first-order chi connectivity index (χ1) is 15.4. The molecule has 1 fully saturated rings. The lowest BCUT2D eigenvalue weighted by Gasteiger charge is -2.22. The van der Waals surface area contributed by atoms with Crippen LogP contribution in [0.2, 0.25) is 0 Å². The second-order valence-electron chi connectivity index (χ2n) is 7.58. The molecule has 1 N–H and O–H groups in total. The molecule has 0 bridgehead atoms. The molecule has 2 aromatic carbocycles. The number of hydrogen-bond donors (Lipinski definition) is 1. The summed E-state index contributed by atoms with van der Waals surface area (Å²) in [5, 5.41) is 0. The minimum atomic E-state index is -3.81. The van der Waals surface area contributed by atoms with E-state index >= 15 is 0 Å². The van der Waals surface area contributed by atoms with Crippen molar-refractivity contribution in [2.75, 3.05) is 33.6 Å². The molecular weight excluding hydrogens is 448 g/mol. The van der Waals surface area contributed by atoms with Gasteiger partial charge < -0.3 is 14.4 Å². The number of nitrogens with zero attached hydrogens (tertiary/aromatic N) is 1. The second kappa shape index (κ2) is 11.1. The van der Waals surface area contributed by atoms with Gasteiger partial charge in [0.25, 0.3) is 5.91 Å². The fourth-order valence-electron chi connectivity index (χ4n) is 3.72. The molecule has 0 saturated carbocycles. The van der Waals surface area contributed by atoms with Crippen molar-refractivity contribution in [3.05, 3.63) is 47.5 Å². The number of methoxy groups -OCH3 is 2. The monoisotopic (exact) mass is 478 g/mol. The van der Waals surface area contributed by atoms with Crippen LogP contribution < -0.4 is 14.2 Å². The summed E-state index contributed by atoms with van der Waals surface area (Å²) >= 11 is 1.44. The van der Waals surface area contributed by atoms with Crippen LogP contribution in [0, 0.1) is 0 Å². The maximum atomic E-state index is 13.2. The lowest BCUT2D eigenvalue weighted by Crippen LogP contribution is -2.32. The largest absolute Gasteiger partial charge is 0.493 e. The topological polar surface area (TPSA) is 84.9 Å². The molecule has 1 aliphatic heterocycles. The van der Waals surface area contributed by atoms with Gasteiger partial charge in [0.15, 0.2) is 11.5 Å². The van der Waals surface area contributed by atoms with E-state index in [0.29, 0.717) is 30.2 Å². The van der Waals surface area contributed by atoms with E-state index in [1.807, 2.05) is 11.2 Å². The van der Waals surface area contributed by atoms with E-state index in [2.05, 4.69) is 4.72 Å². The van der Waals surface area contributed by atoms with Crippen molar-refractivity contribution >= 4 is 27.7 Å². The highest BCUT2D eigenvalue weighted by Crippen LogP contribution is 2.28. The van der Waals surface area contributed by atoms with Crippen molar-refractivity contribution in [2.45, 2.75) is 42.0 Å². The highest BCUT2D eigenvalue weighted by molar-refractivity contribution is 7.98. The number of benzene rings is 2. The smallest absolute Gasteiger partial charge is 0.255 e. The Bertz CT molecular complexity index is 1050. The van der Waals surface area contributed by atoms with Crippen LogP contribution in [0.3, 0.4) is 0 Å². The summed E-state index contributed by atoms with van der Waals surface area (Å²) in [5.41, 5.74) is 1.17. The molecule has 2 aromatic rings. The third-order valence-corrected chi connectivity index (χ3v) is 7.71. The predicted molar refractivity (Wildman–Crippen MR) is 126 cm³/mol. The van der Waals surface area contributed by atoms with Crippen molar-refractivity contribution in [2.24, 2.45) is 0 Å². The van der Waals surface area contributed by atoms with Gasteiger partial charge in [-0.3, -0.25) is 4.79 Å². The van der Waals surface area contributed by atoms with Crippen molar-refractivity contribution in [3.63, 3.8) is 0 Å². The van der Waals surface area contributed by atoms with Gasteiger partial charge in [0, 0.05) is 24.5 Å². The molecule has 0 unspecified atom stereocenters. The summed E-state index contributed by atoms with van der Waals surface area (Å²) in [6.07, 6.45) is 6.08. The van der Waals surface area contributed by atoms with Crippen molar-refractivity contribution in [1.29, 1.82) is 0 Å². The molecule has 1 saturated heterocycles. The Balaban J connectivity index is 1.81. The minimum Gasteiger partial charge on any atom is -0.493 e. The quantitative estimate of drug-likeness (QED) is 0.579. The van der Waals surface area contributed by atoms with Gasteiger partial charge in [-0.25, -0.2) is 13.1 Å². The third-order valence-electron chi connectivity index (χ3n) is 5.52. The molecule has 7 nitrogen and oxygen atoms in total. The Labute approximate surface area is 194 Å². The molecule has 0 radical (unpaired) electrons. The van der Waals surface area contributed by atoms with Gasteiger partial charge in [-0.05, 0) is 55.0 Å². The van der Waals surface area contributed by atoms with Crippen LogP contribution in [0.4, 0.5) is 0 Å². The van der Waals surface area contributed by atoms with Gasteiger partial charge in [0.2, 0.25) is 10.0 Å². The van der Waals surface area contributed by atoms with E-state index in [-0.39, 0.29) is 17.3 Å². The average Bonchev–Trinajstić information content (AvgIpc) is 3.11. The lowest BCUT2D eigenvalue weighted by molar-refractivity contribution is 0.0758. The van der Waals surface area contributed by atoms with Gasteiger partial charge in [-0.1, -0.05) is 18.9 Å². The van der Waals surface area contributed by atoms with E-state index < -0.39 is 10.0 Å². The first-order valence-electron chi connectivity index (χ1n) is 10.6. The number of likely N-dealkylation sites (tertiary alicyclic amines) is 1. The summed E-state index contributed by atoms with van der Waals surface area (Å²) in [7, 11) is -0.740. The number of rotatable bonds is 8. The molecule has 0 aliphatic carbocycles. The summed E-state index contributed by atoms with van der Waals surface area (Å²) in [4.78, 5) is 15.9. The maximum Gasteiger partial charge on any atom is 0.255 e. The van der Waals surface area contributed by atoms with Crippen molar-refractivity contribution < 1.29 is 22.7 Å². The van der Waals surface area contributed by atoms with Crippen molar-refractivity contribution in [1.82, 2.24) is 9.62 Å². The summed E-state index contributed by atoms with van der Waals surface area (Å²) in [6, 6.07) is 9.98. The highest BCUT2D eigenvalue weighted by atomic mass is 32.2. The van der Waals surface area contributed by atoms with E-state index in [1.54, 1.807) is 37.4 Å². The van der Waals surface area contributed by atoms with E-state index in [1.165, 1.54) is 24.9 Å². The third kappa shape index (κ3) is 5.76. The standard InChI is InChI=1S/C23H30N2O5S2/c1-29-20-10-8-17(14-21(20)30-2)16-24-32(27,28)18-9-11-22(31-3)19(15-18)23(26)25-12-6-4-5-7-13-25/h8-11,14-15,24H,4-7,12-13,16H2,1-3H3. The van der Waals surface area contributed by atoms with Gasteiger partial charge in [-0.2, -0.15) is 0 Å². The maximum absolute atomic E-state index is 13.2. The SMILES string of the molecule is COc1ccc(CNS(=O)(=O)c2ccc(SC)c(C(=O)N3CCCCCC3)c2)cc1OC. The zero-order chi connectivity index (χ0) is 23.1. The molecule has 9 heteroatoms. The predicted octanol–water partition coefficient (Wildman–Crippen LogP) is 3.92. The number of sulfonamides is 1. The van der Waals surface area contributed by atoms with Gasteiger partial charge in [0.1, 0.15) is 0 Å². The Morgan fingerprint density at radius 2 is 1.69 bits per heavy atom. The Kier molecular flexibility index (Phi) is 8.44. The molecule has 1 amide bonds. The zero-order valence-electron chi connectivity index (χ0n) is 18.7. The number of amides is 1. The van der Waals surface area contributed by atoms with Crippen LogP contribution in [0.1, 0.15) is 41.6 Å². The molecule has 0 spiro atoms. The number of carbonyl (C=O) groups is 1. The minimum absolute atomic E-state index is 0.0777. The van der Waals surface area contributed by atoms with Crippen molar-refractivity contribution in [3.8, 4) is 11.5 Å². The summed E-state index contributed by atoms with van der Waals surface area (Å²) in [5.74, 6) is 0.996. The van der Waals surface area contributed by atoms with E-state index in [4.69, 9.17) is 9.47 Å². The number of thioether (sulfide) groups is 1. The fourth-order valence-corrected chi connectivity index (χ4v) is 5.33. The molecule has 0 atom stereocenters. The van der Waals surface area contributed by atoms with Crippen LogP contribution in [0.25, 0.3) is 0 Å². The molecule has 32 heavy (non-hydrogen) atoms. The lowest BCUT2D eigenvalue weighted by atomic mass is 10.2. The molecular formula is C23H30N2O5S2.